The van der Waals surface area contributed by atoms with Crippen LogP contribution in [0, 0.1) is 12.7 Å². The second-order valence-corrected chi connectivity index (χ2v) is 8.60. The van der Waals surface area contributed by atoms with E-state index >= 15 is 0 Å². The Bertz CT molecular complexity index is 1070. The summed E-state index contributed by atoms with van der Waals surface area (Å²) in [5, 5.41) is 2.98. The van der Waals surface area contributed by atoms with Gasteiger partial charge in [-0.15, -0.1) is 0 Å². The van der Waals surface area contributed by atoms with Gasteiger partial charge in [-0.2, -0.15) is 0 Å². The summed E-state index contributed by atoms with van der Waals surface area (Å²) in [6.07, 6.45) is 2.16. The molecule has 0 saturated carbocycles. The number of hydrogen-bond donors (Lipinski definition) is 1. The maximum absolute atomic E-state index is 13.5. The first-order chi connectivity index (χ1) is 17.0. The van der Waals surface area contributed by atoms with E-state index < -0.39 is 6.04 Å². The van der Waals surface area contributed by atoms with E-state index in [4.69, 9.17) is 4.74 Å². The lowest BCUT2D eigenvalue weighted by Crippen LogP contribution is -2.51. The first kappa shape index (κ1) is 25.9. The zero-order chi connectivity index (χ0) is 25.0. The van der Waals surface area contributed by atoms with Crippen LogP contribution >= 0.6 is 0 Å². The van der Waals surface area contributed by atoms with Crippen LogP contribution in [0.15, 0.2) is 78.9 Å². The smallest absolute Gasteiger partial charge is 0.261 e. The summed E-state index contributed by atoms with van der Waals surface area (Å²) < 4.78 is 19.3. The molecule has 1 N–H and O–H groups in total. The standard InChI is InChI=1S/C29H33FN2O3/c1-3-4-18-31-29(34)27(19-23-8-6-5-7-9-23)32(20-24-12-14-25(30)15-13-24)28(33)21-35-26-16-10-22(2)11-17-26/h5-17,27H,3-4,18-21H2,1-2H3,(H,31,34)/t27-/m0/s1. The molecule has 0 fully saturated rings. The van der Waals surface area contributed by atoms with Crippen LogP contribution in [0.1, 0.15) is 36.5 Å². The predicted octanol–water partition coefficient (Wildman–Crippen LogP) is 5.07. The van der Waals surface area contributed by atoms with Crippen LogP contribution in [0.2, 0.25) is 0 Å². The molecule has 3 rings (SSSR count). The molecule has 0 aromatic heterocycles. The maximum Gasteiger partial charge on any atom is 0.261 e. The van der Waals surface area contributed by atoms with Gasteiger partial charge >= 0.3 is 0 Å². The largest absolute Gasteiger partial charge is 0.484 e. The summed E-state index contributed by atoms with van der Waals surface area (Å²) in [6.45, 7) is 4.52. The summed E-state index contributed by atoms with van der Waals surface area (Å²) in [4.78, 5) is 28.3. The Labute approximate surface area is 206 Å². The maximum atomic E-state index is 13.5. The number of aryl methyl sites for hydroxylation is 1. The first-order valence-corrected chi connectivity index (χ1v) is 12.0. The molecule has 6 heteroatoms. The number of ether oxygens (including phenoxy) is 1. The van der Waals surface area contributed by atoms with Crippen molar-refractivity contribution in [2.45, 2.75) is 45.7 Å². The van der Waals surface area contributed by atoms with Gasteiger partial charge in [-0.1, -0.05) is 73.5 Å². The third kappa shape index (κ3) is 8.25. The molecule has 0 aliphatic carbocycles. The zero-order valence-corrected chi connectivity index (χ0v) is 20.4. The summed E-state index contributed by atoms with van der Waals surface area (Å²) in [5.74, 6) is -0.306. The van der Waals surface area contributed by atoms with Gasteiger partial charge in [0.25, 0.3) is 5.91 Å². The van der Waals surface area contributed by atoms with E-state index in [0.717, 1.165) is 29.5 Å². The van der Waals surface area contributed by atoms with E-state index in [9.17, 15) is 14.0 Å². The van der Waals surface area contributed by atoms with Crippen LogP contribution < -0.4 is 10.1 Å². The molecule has 2 amide bonds. The lowest BCUT2D eigenvalue weighted by atomic mass is 10.0. The van der Waals surface area contributed by atoms with Crippen LogP contribution in [0.3, 0.4) is 0 Å². The molecule has 0 aliphatic rings. The highest BCUT2D eigenvalue weighted by atomic mass is 19.1. The molecule has 0 aliphatic heterocycles. The minimum absolute atomic E-state index is 0.162. The van der Waals surface area contributed by atoms with Crippen LogP contribution in [-0.4, -0.2) is 35.9 Å². The average molecular weight is 477 g/mol. The molecule has 0 bridgehead atoms. The molecule has 5 nitrogen and oxygen atoms in total. The number of hydrogen-bond acceptors (Lipinski definition) is 3. The number of amides is 2. The third-order valence-corrected chi connectivity index (χ3v) is 5.75. The summed E-state index contributed by atoms with van der Waals surface area (Å²) >= 11 is 0. The molecule has 3 aromatic rings. The average Bonchev–Trinajstić information content (AvgIpc) is 2.87. The highest BCUT2D eigenvalue weighted by Gasteiger charge is 2.30. The minimum atomic E-state index is -0.742. The van der Waals surface area contributed by atoms with Crippen molar-refractivity contribution in [2.24, 2.45) is 0 Å². The van der Waals surface area contributed by atoms with Gasteiger partial charge in [0.2, 0.25) is 5.91 Å². The Morgan fingerprint density at radius 2 is 1.63 bits per heavy atom. The van der Waals surface area contributed by atoms with Gasteiger partial charge in [0, 0.05) is 19.5 Å². The van der Waals surface area contributed by atoms with Crippen molar-refractivity contribution in [3.05, 3.63) is 101 Å². The number of halogens is 1. The normalized spacial score (nSPS) is 11.5. The molecule has 184 valence electrons. The van der Waals surface area contributed by atoms with Gasteiger partial charge in [0.05, 0.1) is 0 Å². The number of carbonyl (C=O) groups is 2. The van der Waals surface area contributed by atoms with Crippen LogP contribution in [0.25, 0.3) is 0 Å². The number of nitrogens with zero attached hydrogens (tertiary/aromatic N) is 1. The Kier molecular flexibility index (Phi) is 9.84. The molecule has 0 heterocycles. The van der Waals surface area contributed by atoms with Gasteiger partial charge in [0.15, 0.2) is 6.61 Å². The van der Waals surface area contributed by atoms with Crippen molar-refractivity contribution in [3.8, 4) is 5.75 Å². The van der Waals surface area contributed by atoms with Crippen LogP contribution in [0.4, 0.5) is 4.39 Å². The van der Waals surface area contributed by atoms with Gasteiger partial charge < -0.3 is 15.0 Å². The Balaban J connectivity index is 1.86. The van der Waals surface area contributed by atoms with Gasteiger partial charge in [0.1, 0.15) is 17.6 Å². The van der Waals surface area contributed by atoms with E-state index in [0.29, 0.717) is 18.7 Å². The fourth-order valence-corrected chi connectivity index (χ4v) is 3.71. The van der Waals surface area contributed by atoms with E-state index in [1.54, 1.807) is 12.1 Å². The molecular weight excluding hydrogens is 443 g/mol. The highest BCUT2D eigenvalue weighted by molar-refractivity contribution is 5.88. The zero-order valence-electron chi connectivity index (χ0n) is 20.4. The van der Waals surface area contributed by atoms with Crippen molar-refractivity contribution in [2.75, 3.05) is 13.2 Å². The first-order valence-electron chi connectivity index (χ1n) is 12.0. The Morgan fingerprint density at radius 1 is 0.943 bits per heavy atom. The molecule has 0 saturated heterocycles. The van der Waals surface area contributed by atoms with E-state index in [1.807, 2.05) is 61.5 Å². The van der Waals surface area contributed by atoms with Gasteiger partial charge in [-0.3, -0.25) is 9.59 Å². The molecular formula is C29H33FN2O3. The van der Waals surface area contributed by atoms with Crippen molar-refractivity contribution in [3.63, 3.8) is 0 Å². The van der Waals surface area contributed by atoms with Crippen molar-refractivity contribution < 1.29 is 18.7 Å². The van der Waals surface area contributed by atoms with Crippen molar-refractivity contribution in [1.82, 2.24) is 10.2 Å². The molecule has 0 spiro atoms. The topological polar surface area (TPSA) is 58.6 Å². The van der Waals surface area contributed by atoms with Crippen LogP contribution in [-0.2, 0) is 22.6 Å². The number of carbonyl (C=O) groups excluding carboxylic acids is 2. The fraction of sp³-hybridized carbons (Fsp3) is 0.310. The second kappa shape index (κ2) is 13.3. The number of rotatable bonds is 12. The molecule has 3 aromatic carbocycles. The van der Waals surface area contributed by atoms with E-state index in [-0.39, 0.29) is 30.8 Å². The summed E-state index contributed by atoms with van der Waals surface area (Å²) in [7, 11) is 0. The van der Waals surface area contributed by atoms with E-state index in [1.165, 1.54) is 17.0 Å². The van der Waals surface area contributed by atoms with Gasteiger partial charge in [-0.25, -0.2) is 4.39 Å². The SMILES string of the molecule is CCCCNC(=O)[C@H](Cc1ccccc1)N(Cc1ccc(F)cc1)C(=O)COc1ccc(C)cc1. The second-order valence-electron chi connectivity index (χ2n) is 8.60. The molecule has 1 atom stereocenters. The van der Waals surface area contributed by atoms with Crippen molar-refractivity contribution >= 4 is 11.8 Å². The van der Waals surface area contributed by atoms with Crippen LogP contribution in [0.5, 0.6) is 5.75 Å². The lowest BCUT2D eigenvalue weighted by molar-refractivity contribution is -0.142. The summed E-state index contributed by atoms with van der Waals surface area (Å²) in [5.41, 5.74) is 2.77. The fourth-order valence-electron chi connectivity index (χ4n) is 3.71. The monoisotopic (exact) mass is 476 g/mol. The highest BCUT2D eigenvalue weighted by Crippen LogP contribution is 2.17. The Hall–Kier alpha value is -3.67. The quantitative estimate of drug-likeness (QED) is 0.372. The molecule has 35 heavy (non-hydrogen) atoms. The summed E-state index contributed by atoms with van der Waals surface area (Å²) in [6, 6.07) is 22.3. The van der Waals surface area contributed by atoms with E-state index in [2.05, 4.69) is 12.2 Å². The minimum Gasteiger partial charge on any atom is -0.484 e. The lowest BCUT2D eigenvalue weighted by Gasteiger charge is -2.31. The van der Waals surface area contributed by atoms with Crippen molar-refractivity contribution in [1.29, 1.82) is 0 Å². The predicted molar refractivity (Wildman–Crippen MR) is 135 cm³/mol. The Morgan fingerprint density at radius 3 is 2.29 bits per heavy atom. The number of unbranched alkanes of at least 4 members (excludes halogenated alkanes) is 1. The number of benzene rings is 3. The third-order valence-electron chi connectivity index (χ3n) is 5.75. The number of nitrogens with one attached hydrogen (secondary N) is 1. The molecule has 0 radical (unpaired) electrons. The van der Waals surface area contributed by atoms with Gasteiger partial charge in [-0.05, 0) is 48.7 Å². The molecule has 0 unspecified atom stereocenters.